The molecule has 0 radical (unpaired) electrons. The van der Waals surface area contributed by atoms with Crippen LogP contribution in [-0.4, -0.2) is 52.4 Å². The number of hydrogen-bond acceptors (Lipinski definition) is 4. The molecule has 1 aliphatic rings. The quantitative estimate of drug-likeness (QED) is 0.798. The molecule has 3 amide bonds. The van der Waals surface area contributed by atoms with E-state index in [4.69, 9.17) is 0 Å². The Morgan fingerprint density at radius 2 is 2.12 bits per heavy atom. The van der Waals surface area contributed by atoms with E-state index in [0.717, 1.165) is 5.56 Å². The second-order valence-electron chi connectivity index (χ2n) is 5.96. The van der Waals surface area contributed by atoms with E-state index in [1.165, 1.54) is 6.92 Å². The molecule has 1 aliphatic heterocycles. The zero-order chi connectivity index (χ0) is 19.3. The van der Waals surface area contributed by atoms with Gasteiger partial charge >= 0.3 is 12.1 Å². The molecule has 1 aromatic rings. The van der Waals surface area contributed by atoms with Gasteiger partial charge in [-0.15, -0.1) is 0 Å². The monoisotopic (exact) mass is 372 g/mol. The molecule has 0 spiro atoms. The van der Waals surface area contributed by atoms with Crippen LogP contribution in [0.2, 0.25) is 0 Å². The average molecular weight is 372 g/mol. The first-order chi connectivity index (χ1) is 12.2. The van der Waals surface area contributed by atoms with Crippen molar-refractivity contribution in [1.29, 1.82) is 0 Å². The van der Waals surface area contributed by atoms with Crippen molar-refractivity contribution in [2.24, 2.45) is 0 Å². The number of carbonyl (C=O) groups is 3. The second-order valence-corrected chi connectivity index (χ2v) is 5.96. The van der Waals surface area contributed by atoms with Crippen LogP contribution in [0.3, 0.4) is 0 Å². The molecule has 0 saturated carbocycles. The molecule has 0 bridgehead atoms. The lowest BCUT2D eigenvalue weighted by Gasteiger charge is -2.26. The Labute approximate surface area is 148 Å². The maximum atomic E-state index is 12.6. The molecule has 0 aromatic carbocycles. The molecular formula is C16H19F3N4O3. The molecule has 2 N–H and O–H groups in total. The summed E-state index contributed by atoms with van der Waals surface area (Å²) in [5.41, 5.74) is 0.761. The van der Waals surface area contributed by atoms with Crippen LogP contribution in [0.5, 0.6) is 0 Å². The molecule has 2 rings (SSSR count). The molecule has 2 atom stereocenters. The fraction of sp³-hybridized carbons (Fsp3) is 0.500. The number of rotatable bonds is 5. The van der Waals surface area contributed by atoms with Gasteiger partial charge in [0.15, 0.2) is 0 Å². The highest BCUT2D eigenvalue weighted by atomic mass is 19.4. The largest absolute Gasteiger partial charge is 0.471 e. The number of carbonyl (C=O) groups excluding carboxylic acids is 3. The second kappa shape index (κ2) is 8.15. The standard InChI is InChI=1S/C16H19F3N4O3/c1-10(13(24)21-9-11-4-2-6-20-8-11)22-14(25)12-5-3-7-23(12)15(26)16(17,18)19/h2,4,6,8,10,12H,3,5,7,9H2,1H3,(H,21,24)(H,22,25)/t10-,12?/m1/s1. The summed E-state index contributed by atoms with van der Waals surface area (Å²) in [6.45, 7) is 1.48. The fourth-order valence-corrected chi connectivity index (χ4v) is 2.67. The van der Waals surface area contributed by atoms with Crippen molar-refractivity contribution in [2.75, 3.05) is 6.54 Å². The topological polar surface area (TPSA) is 91.4 Å². The van der Waals surface area contributed by atoms with E-state index in [2.05, 4.69) is 15.6 Å². The van der Waals surface area contributed by atoms with E-state index < -0.39 is 36.0 Å². The fourth-order valence-electron chi connectivity index (χ4n) is 2.67. The van der Waals surface area contributed by atoms with Gasteiger partial charge in [0.2, 0.25) is 11.8 Å². The summed E-state index contributed by atoms with van der Waals surface area (Å²) in [5, 5.41) is 4.97. The van der Waals surface area contributed by atoms with E-state index >= 15 is 0 Å². The van der Waals surface area contributed by atoms with Crippen LogP contribution in [0.4, 0.5) is 13.2 Å². The van der Waals surface area contributed by atoms with E-state index in [9.17, 15) is 27.6 Å². The molecule has 1 saturated heterocycles. The Bertz CT molecular complexity index is 666. The van der Waals surface area contributed by atoms with Gasteiger partial charge < -0.3 is 15.5 Å². The van der Waals surface area contributed by atoms with Gasteiger partial charge in [0.1, 0.15) is 12.1 Å². The van der Waals surface area contributed by atoms with Crippen molar-refractivity contribution < 1.29 is 27.6 Å². The molecule has 0 aliphatic carbocycles. The van der Waals surface area contributed by atoms with E-state index in [0.29, 0.717) is 11.3 Å². The molecule has 1 unspecified atom stereocenters. The number of alkyl halides is 3. The third-order valence-corrected chi connectivity index (χ3v) is 4.00. The zero-order valence-corrected chi connectivity index (χ0v) is 14.0. The zero-order valence-electron chi connectivity index (χ0n) is 14.0. The molecular weight excluding hydrogens is 353 g/mol. The van der Waals surface area contributed by atoms with Crippen molar-refractivity contribution in [1.82, 2.24) is 20.5 Å². The summed E-state index contributed by atoms with van der Waals surface area (Å²) in [6, 6.07) is 1.29. The predicted octanol–water partition coefficient (Wildman–Crippen LogP) is 0.756. The van der Waals surface area contributed by atoms with Crippen LogP contribution in [-0.2, 0) is 20.9 Å². The maximum Gasteiger partial charge on any atom is 0.471 e. The molecule has 1 aromatic heterocycles. The lowest BCUT2D eigenvalue weighted by Crippen LogP contribution is -2.53. The lowest BCUT2D eigenvalue weighted by atomic mass is 10.2. The molecule has 10 heteroatoms. The number of nitrogens with one attached hydrogen (secondary N) is 2. The van der Waals surface area contributed by atoms with Crippen LogP contribution in [0, 0.1) is 0 Å². The minimum Gasteiger partial charge on any atom is -0.350 e. The molecule has 142 valence electrons. The van der Waals surface area contributed by atoms with Gasteiger partial charge in [0.05, 0.1) is 0 Å². The van der Waals surface area contributed by atoms with Crippen molar-refractivity contribution in [2.45, 2.75) is 44.6 Å². The van der Waals surface area contributed by atoms with Crippen molar-refractivity contribution >= 4 is 17.7 Å². The first-order valence-corrected chi connectivity index (χ1v) is 8.05. The van der Waals surface area contributed by atoms with Crippen LogP contribution in [0.15, 0.2) is 24.5 Å². The maximum absolute atomic E-state index is 12.6. The van der Waals surface area contributed by atoms with Gasteiger partial charge in [-0.2, -0.15) is 13.2 Å². The van der Waals surface area contributed by atoms with Crippen molar-refractivity contribution in [3.8, 4) is 0 Å². The van der Waals surface area contributed by atoms with E-state index in [1.807, 2.05) is 0 Å². The third kappa shape index (κ3) is 4.93. The van der Waals surface area contributed by atoms with Gasteiger partial charge in [-0.3, -0.25) is 19.4 Å². The van der Waals surface area contributed by atoms with E-state index in [1.54, 1.807) is 24.5 Å². The smallest absolute Gasteiger partial charge is 0.350 e. The normalized spacial score (nSPS) is 18.3. The number of hydrogen-bond donors (Lipinski definition) is 2. The minimum atomic E-state index is -5.03. The molecule has 1 fully saturated rings. The number of pyridine rings is 1. The predicted molar refractivity (Wildman–Crippen MR) is 84.5 cm³/mol. The number of amides is 3. The highest BCUT2D eigenvalue weighted by Gasteiger charge is 2.47. The average Bonchev–Trinajstić information content (AvgIpc) is 3.08. The summed E-state index contributed by atoms with van der Waals surface area (Å²) in [7, 11) is 0. The van der Waals surface area contributed by atoms with Gasteiger partial charge in [-0.05, 0) is 31.4 Å². The first-order valence-electron chi connectivity index (χ1n) is 8.05. The van der Waals surface area contributed by atoms with Crippen LogP contribution in [0.25, 0.3) is 0 Å². The van der Waals surface area contributed by atoms with Crippen LogP contribution < -0.4 is 10.6 Å². The Kier molecular flexibility index (Phi) is 6.17. The molecule has 26 heavy (non-hydrogen) atoms. The highest BCUT2D eigenvalue weighted by Crippen LogP contribution is 2.25. The Balaban J connectivity index is 1.89. The number of likely N-dealkylation sites (tertiary alicyclic amines) is 1. The summed E-state index contributed by atoms with van der Waals surface area (Å²) in [5.74, 6) is -3.30. The first kappa shape index (κ1) is 19.7. The number of halogens is 3. The summed E-state index contributed by atoms with van der Waals surface area (Å²) in [4.78, 5) is 40.1. The van der Waals surface area contributed by atoms with Crippen LogP contribution in [0.1, 0.15) is 25.3 Å². The van der Waals surface area contributed by atoms with Crippen molar-refractivity contribution in [3.05, 3.63) is 30.1 Å². The third-order valence-electron chi connectivity index (χ3n) is 4.00. The minimum absolute atomic E-state index is 0.123. The summed E-state index contributed by atoms with van der Waals surface area (Å²) >= 11 is 0. The van der Waals surface area contributed by atoms with E-state index in [-0.39, 0.29) is 19.5 Å². The van der Waals surface area contributed by atoms with Gasteiger partial charge in [-0.1, -0.05) is 6.07 Å². The number of nitrogens with zero attached hydrogens (tertiary/aromatic N) is 2. The molecule has 7 nitrogen and oxygen atoms in total. The summed E-state index contributed by atoms with van der Waals surface area (Å²) < 4.78 is 37.8. The molecule has 2 heterocycles. The Hall–Kier alpha value is -2.65. The highest BCUT2D eigenvalue weighted by molar-refractivity contribution is 5.93. The lowest BCUT2D eigenvalue weighted by molar-refractivity contribution is -0.186. The van der Waals surface area contributed by atoms with Gasteiger partial charge in [-0.25, -0.2) is 0 Å². The SMILES string of the molecule is C[C@@H](NC(=O)C1CCCN1C(=O)C(F)(F)F)C(=O)NCc1cccnc1. The Morgan fingerprint density at radius 3 is 2.73 bits per heavy atom. The Morgan fingerprint density at radius 1 is 1.38 bits per heavy atom. The van der Waals surface area contributed by atoms with Crippen molar-refractivity contribution in [3.63, 3.8) is 0 Å². The van der Waals surface area contributed by atoms with Gasteiger partial charge in [0, 0.05) is 25.5 Å². The van der Waals surface area contributed by atoms with Crippen LogP contribution >= 0.6 is 0 Å². The number of aromatic nitrogens is 1. The van der Waals surface area contributed by atoms with Gasteiger partial charge in [0.25, 0.3) is 0 Å². The summed E-state index contributed by atoms with van der Waals surface area (Å²) in [6.07, 6.45) is -1.46.